The van der Waals surface area contributed by atoms with Crippen molar-refractivity contribution in [2.45, 2.75) is 0 Å². The average Bonchev–Trinajstić information content (AvgIpc) is 2.98. The van der Waals surface area contributed by atoms with E-state index in [0.717, 1.165) is 5.39 Å². The predicted molar refractivity (Wildman–Crippen MR) is 93.6 cm³/mol. The van der Waals surface area contributed by atoms with Gasteiger partial charge in [-0.15, -0.1) is 0 Å². The lowest BCUT2D eigenvalue weighted by Crippen LogP contribution is -2.21. The molecule has 1 heterocycles. The van der Waals surface area contributed by atoms with E-state index < -0.39 is 0 Å². The second kappa shape index (κ2) is 6.37. The minimum absolute atomic E-state index is 0.0953. The molecule has 3 rings (SSSR count). The maximum Gasteiger partial charge on any atom is 0.291 e. The number of furan rings is 1. The van der Waals surface area contributed by atoms with Gasteiger partial charge in [0.2, 0.25) is 0 Å². The van der Waals surface area contributed by atoms with Crippen molar-refractivity contribution in [2.75, 3.05) is 19.4 Å². The van der Waals surface area contributed by atoms with Gasteiger partial charge in [0, 0.05) is 35.8 Å². The van der Waals surface area contributed by atoms with Crippen molar-refractivity contribution in [2.24, 2.45) is 0 Å². The Kier molecular flexibility index (Phi) is 4.27. The fourth-order valence-corrected chi connectivity index (χ4v) is 2.45. The van der Waals surface area contributed by atoms with Gasteiger partial charge >= 0.3 is 0 Å². The Labute approximate surface area is 143 Å². The Morgan fingerprint density at radius 3 is 2.42 bits per heavy atom. The molecule has 0 unspecified atom stereocenters. The number of fused-ring (bicyclic) bond motifs is 1. The molecule has 0 saturated heterocycles. The molecule has 0 aliphatic carbocycles. The van der Waals surface area contributed by atoms with Gasteiger partial charge in [0.05, 0.1) is 0 Å². The molecule has 24 heavy (non-hydrogen) atoms. The zero-order chi connectivity index (χ0) is 17.3. The van der Waals surface area contributed by atoms with E-state index in [4.69, 9.17) is 16.0 Å². The SMILES string of the molecule is CN(C)C(=O)c1ccc(NC(=O)c2cc3cc(Cl)ccc3o2)cc1. The maximum absolute atomic E-state index is 12.3. The molecular formula is C18H15ClN2O3. The number of carbonyl (C=O) groups excluding carboxylic acids is 2. The molecule has 3 aromatic rings. The van der Waals surface area contributed by atoms with E-state index in [-0.39, 0.29) is 17.6 Å². The molecule has 0 radical (unpaired) electrons. The van der Waals surface area contributed by atoms with Gasteiger partial charge in [-0.2, -0.15) is 0 Å². The van der Waals surface area contributed by atoms with E-state index >= 15 is 0 Å². The summed E-state index contributed by atoms with van der Waals surface area (Å²) in [6.45, 7) is 0. The number of halogens is 1. The van der Waals surface area contributed by atoms with Crippen LogP contribution in [0.5, 0.6) is 0 Å². The molecule has 2 amide bonds. The molecule has 0 bridgehead atoms. The average molecular weight is 343 g/mol. The largest absolute Gasteiger partial charge is 0.451 e. The number of anilines is 1. The fourth-order valence-electron chi connectivity index (χ4n) is 2.27. The monoisotopic (exact) mass is 342 g/mol. The van der Waals surface area contributed by atoms with Crippen molar-refractivity contribution in [3.63, 3.8) is 0 Å². The normalized spacial score (nSPS) is 10.6. The molecule has 0 saturated carbocycles. The van der Waals surface area contributed by atoms with Crippen LogP contribution >= 0.6 is 11.6 Å². The number of nitrogens with zero attached hydrogens (tertiary/aromatic N) is 1. The third-order valence-electron chi connectivity index (χ3n) is 3.50. The van der Waals surface area contributed by atoms with Crippen LogP contribution in [0.25, 0.3) is 11.0 Å². The zero-order valence-corrected chi connectivity index (χ0v) is 13.9. The lowest BCUT2D eigenvalue weighted by molar-refractivity contribution is 0.0827. The molecule has 0 fully saturated rings. The van der Waals surface area contributed by atoms with Crippen LogP contribution < -0.4 is 5.32 Å². The summed E-state index contributed by atoms with van der Waals surface area (Å²) in [5.74, 6) is -0.267. The molecule has 0 atom stereocenters. The number of rotatable bonds is 3. The van der Waals surface area contributed by atoms with Gasteiger partial charge in [0.25, 0.3) is 11.8 Å². The summed E-state index contributed by atoms with van der Waals surface area (Å²) in [5.41, 5.74) is 1.72. The van der Waals surface area contributed by atoms with Gasteiger partial charge in [-0.25, -0.2) is 0 Å². The summed E-state index contributed by atoms with van der Waals surface area (Å²) in [5, 5.41) is 4.08. The molecular weight excluding hydrogens is 328 g/mol. The van der Waals surface area contributed by atoms with E-state index in [0.29, 0.717) is 21.9 Å². The predicted octanol–water partition coefficient (Wildman–Crippen LogP) is 4.04. The number of amides is 2. The molecule has 0 spiro atoms. The van der Waals surface area contributed by atoms with Crippen LogP contribution in [0.15, 0.2) is 52.9 Å². The van der Waals surface area contributed by atoms with Gasteiger partial charge in [0.1, 0.15) is 5.58 Å². The highest BCUT2D eigenvalue weighted by molar-refractivity contribution is 6.31. The van der Waals surface area contributed by atoms with E-state index in [2.05, 4.69) is 5.32 Å². The van der Waals surface area contributed by atoms with Crippen LogP contribution in [0.1, 0.15) is 20.9 Å². The first-order chi connectivity index (χ1) is 11.4. The van der Waals surface area contributed by atoms with Crippen LogP contribution in [-0.4, -0.2) is 30.8 Å². The van der Waals surface area contributed by atoms with Crippen LogP contribution in [0, 0.1) is 0 Å². The van der Waals surface area contributed by atoms with Crippen molar-refractivity contribution in [3.05, 3.63) is 64.9 Å². The second-order valence-corrected chi connectivity index (χ2v) is 5.96. The van der Waals surface area contributed by atoms with Crippen molar-refractivity contribution < 1.29 is 14.0 Å². The topological polar surface area (TPSA) is 62.6 Å². The third-order valence-corrected chi connectivity index (χ3v) is 3.73. The molecule has 122 valence electrons. The van der Waals surface area contributed by atoms with Gasteiger partial charge < -0.3 is 14.6 Å². The number of nitrogens with one attached hydrogen (secondary N) is 1. The Hall–Kier alpha value is -2.79. The van der Waals surface area contributed by atoms with Crippen LogP contribution in [-0.2, 0) is 0 Å². The summed E-state index contributed by atoms with van der Waals surface area (Å²) in [6.07, 6.45) is 0. The first-order valence-electron chi connectivity index (χ1n) is 7.26. The van der Waals surface area contributed by atoms with Crippen molar-refractivity contribution in [1.29, 1.82) is 0 Å². The highest BCUT2D eigenvalue weighted by Gasteiger charge is 2.13. The van der Waals surface area contributed by atoms with Gasteiger partial charge in [-0.1, -0.05) is 11.6 Å². The van der Waals surface area contributed by atoms with Crippen molar-refractivity contribution in [3.8, 4) is 0 Å². The molecule has 0 aliphatic rings. The van der Waals surface area contributed by atoms with Crippen LogP contribution in [0.2, 0.25) is 5.02 Å². The minimum Gasteiger partial charge on any atom is -0.451 e. The molecule has 6 heteroatoms. The van der Waals surface area contributed by atoms with Gasteiger partial charge in [0.15, 0.2) is 5.76 Å². The van der Waals surface area contributed by atoms with Crippen LogP contribution in [0.3, 0.4) is 0 Å². The van der Waals surface area contributed by atoms with Crippen molar-refractivity contribution in [1.82, 2.24) is 4.90 Å². The molecule has 0 aliphatic heterocycles. The molecule has 5 nitrogen and oxygen atoms in total. The second-order valence-electron chi connectivity index (χ2n) is 5.52. The van der Waals surface area contributed by atoms with E-state index in [9.17, 15) is 9.59 Å². The van der Waals surface area contributed by atoms with E-state index in [1.165, 1.54) is 4.90 Å². The standard InChI is InChI=1S/C18H15ClN2O3/c1-21(2)18(23)11-3-6-14(7-4-11)20-17(22)16-10-12-9-13(19)5-8-15(12)24-16/h3-10H,1-2H3,(H,20,22). The summed E-state index contributed by atoms with van der Waals surface area (Å²) < 4.78 is 5.52. The number of benzene rings is 2. The highest BCUT2D eigenvalue weighted by Crippen LogP contribution is 2.23. The van der Waals surface area contributed by atoms with E-state index in [1.807, 2.05) is 0 Å². The summed E-state index contributed by atoms with van der Waals surface area (Å²) >= 11 is 5.93. The van der Waals surface area contributed by atoms with Gasteiger partial charge in [-0.3, -0.25) is 9.59 Å². The van der Waals surface area contributed by atoms with Crippen molar-refractivity contribution >= 4 is 40.1 Å². The summed E-state index contributed by atoms with van der Waals surface area (Å²) in [6, 6.07) is 13.5. The Bertz CT molecular complexity index is 914. The maximum atomic E-state index is 12.3. The van der Waals surface area contributed by atoms with Crippen LogP contribution in [0.4, 0.5) is 5.69 Å². The number of hydrogen-bond donors (Lipinski definition) is 1. The molecule has 1 aromatic heterocycles. The summed E-state index contributed by atoms with van der Waals surface area (Å²) in [4.78, 5) is 25.6. The first-order valence-corrected chi connectivity index (χ1v) is 7.64. The summed E-state index contributed by atoms with van der Waals surface area (Å²) in [7, 11) is 3.37. The first kappa shape index (κ1) is 16.1. The number of carbonyl (C=O) groups is 2. The fraction of sp³-hybridized carbons (Fsp3) is 0.111. The Morgan fingerprint density at radius 2 is 1.75 bits per heavy atom. The minimum atomic E-state index is -0.367. The zero-order valence-electron chi connectivity index (χ0n) is 13.2. The quantitative estimate of drug-likeness (QED) is 0.781. The molecule has 1 N–H and O–H groups in total. The molecule has 2 aromatic carbocycles. The lowest BCUT2D eigenvalue weighted by Gasteiger charge is -2.10. The van der Waals surface area contributed by atoms with Gasteiger partial charge in [-0.05, 0) is 48.5 Å². The smallest absolute Gasteiger partial charge is 0.291 e. The van der Waals surface area contributed by atoms with E-state index in [1.54, 1.807) is 62.6 Å². The Morgan fingerprint density at radius 1 is 1.04 bits per heavy atom. The third kappa shape index (κ3) is 3.26. The highest BCUT2D eigenvalue weighted by atomic mass is 35.5. The Balaban J connectivity index is 1.77. The number of hydrogen-bond acceptors (Lipinski definition) is 3. The lowest BCUT2D eigenvalue weighted by atomic mass is 10.2.